The van der Waals surface area contributed by atoms with Crippen LogP contribution < -0.4 is 10.2 Å². The van der Waals surface area contributed by atoms with Gasteiger partial charge in [-0.25, -0.2) is 4.79 Å². The molecule has 0 atom stereocenters. The Morgan fingerprint density at radius 3 is 2.19 bits per heavy atom. The minimum absolute atomic E-state index is 0.0469. The number of halogens is 6. The molecule has 0 bridgehead atoms. The zero-order valence-corrected chi connectivity index (χ0v) is 22.7. The third-order valence-electron chi connectivity index (χ3n) is 6.16. The molecule has 0 saturated carbocycles. The molecule has 226 valence electrons. The molecule has 0 radical (unpaired) electrons. The third kappa shape index (κ3) is 9.05. The second kappa shape index (κ2) is 13.8. The molecule has 1 aliphatic rings. The summed E-state index contributed by atoms with van der Waals surface area (Å²) < 4.78 is 72.7. The normalized spacial score (nSPS) is 12.9. The van der Waals surface area contributed by atoms with Gasteiger partial charge in [-0.1, -0.05) is 42.5 Å². The highest BCUT2D eigenvalue weighted by Crippen LogP contribution is 2.43. The van der Waals surface area contributed by atoms with Crippen molar-refractivity contribution in [2.75, 3.05) is 24.5 Å². The smallest absolute Gasteiger partial charge is 0.481 e. The molecule has 0 aliphatic carbocycles. The van der Waals surface area contributed by atoms with Gasteiger partial charge in [0.1, 0.15) is 4.88 Å². The van der Waals surface area contributed by atoms with E-state index in [1.165, 1.54) is 0 Å². The average Bonchev–Trinajstić information content (AvgIpc) is 3.54. The number of nitrogens with one attached hydrogen (secondary N) is 1. The molecule has 1 amide bonds. The van der Waals surface area contributed by atoms with Crippen LogP contribution >= 0.6 is 11.3 Å². The highest BCUT2D eigenvalue weighted by atomic mass is 32.1. The summed E-state index contributed by atoms with van der Waals surface area (Å²) in [4.78, 5) is 33.8. The van der Waals surface area contributed by atoms with E-state index in [0.29, 0.717) is 36.2 Å². The Bertz CT molecular complexity index is 1410. The van der Waals surface area contributed by atoms with E-state index in [1.54, 1.807) is 41.3 Å². The number of alkyl halides is 6. The summed E-state index contributed by atoms with van der Waals surface area (Å²) in [7, 11) is 0. The van der Waals surface area contributed by atoms with Gasteiger partial charge in [-0.3, -0.25) is 9.59 Å². The first kappa shape index (κ1) is 32.6. The molecule has 0 unspecified atom stereocenters. The van der Waals surface area contributed by atoms with Crippen molar-refractivity contribution in [2.24, 2.45) is 0 Å². The summed E-state index contributed by atoms with van der Waals surface area (Å²) >= 11 is 0.800. The molecule has 4 rings (SSSR count). The van der Waals surface area contributed by atoms with E-state index in [9.17, 15) is 35.9 Å². The van der Waals surface area contributed by atoms with Gasteiger partial charge < -0.3 is 20.4 Å². The fraction of sp³-hybridized carbons (Fsp3) is 0.321. The summed E-state index contributed by atoms with van der Waals surface area (Å²) in [6.45, 7) is 0.849. The number of nitrogens with zero attached hydrogens (tertiary/aromatic N) is 1. The van der Waals surface area contributed by atoms with Crippen molar-refractivity contribution in [2.45, 2.75) is 38.0 Å². The molecular weight excluding hydrogens is 590 g/mol. The number of aliphatic carboxylic acids is 2. The molecular formula is C28H26F6N2O5S. The number of anilines is 1. The van der Waals surface area contributed by atoms with E-state index in [-0.39, 0.29) is 31.0 Å². The molecule has 0 saturated heterocycles. The summed E-state index contributed by atoms with van der Waals surface area (Å²) in [5.74, 6) is -3.79. The molecule has 3 aromatic rings. The number of aryl methyl sites for hydroxylation is 2. The Balaban J connectivity index is 0.000000616. The molecule has 7 nitrogen and oxygen atoms in total. The van der Waals surface area contributed by atoms with Gasteiger partial charge in [0.25, 0.3) is 0 Å². The van der Waals surface area contributed by atoms with Crippen molar-refractivity contribution >= 4 is 34.9 Å². The van der Waals surface area contributed by atoms with Gasteiger partial charge in [0.05, 0.1) is 13.0 Å². The van der Waals surface area contributed by atoms with Crippen molar-refractivity contribution in [3.05, 3.63) is 75.5 Å². The van der Waals surface area contributed by atoms with Gasteiger partial charge >= 0.3 is 24.3 Å². The molecule has 3 N–H and O–H groups in total. The van der Waals surface area contributed by atoms with E-state index in [1.807, 2.05) is 18.2 Å². The van der Waals surface area contributed by atoms with Crippen molar-refractivity contribution in [1.82, 2.24) is 5.32 Å². The van der Waals surface area contributed by atoms with Crippen LogP contribution in [-0.4, -0.2) is 53.9 Å². The number of amides is 1. The number of hydrogen-bond acceptors (Lipinski definition) is 5. The summed E-state index contributed by atoms with van der Waals surface area (Å²) in [5.41, 5.74) is 3.66. The standard InChI is InChI=1S/C26H25F3N2O3S.C2HF3O2/c27-26(28,29)25-21(18-4-2-1-3-5-18)15-20(35-25)8-6-17-7-9-22-19(14-17)11-13-31(22)23(32)16-30-12-10-24(33)34;3-2(4,5)1(6)7/h1-5,7,9,14-15,30H,6,8,10-13,16H2,(H,33,34);(H,6,7). The van der Waals surface area contributed by atoms with E-state index < -0.39 is 29.2 Å². The Morgan fingerprint density at radius 1 is 0.929 bits per heavy atom. The van der Waals surface area contributed by atoms with Crippen LogP contribution in [0.4, 0.5) is 32.0 Å². The Labute approximate surface area is 240 Å². The van der Waals surface area contributed by atoms with Gasteiger partial charge in [0.15, 0.2) is 0 Å². The van der Waals surface area contributed by atoms with Crippen LogP contribution in [0.15, 0.2) is 54.6 Å². The van der Waals surface area contributed by atoms with Crippen LogP contribution in [0.25, 0.3) is 11.1 Å². The Hall–Kier alpha value is -3.91. The number of carboxylic acids is 2. The second-order valence-corrected chi connectivity index (χ2v) is 10.3. The maximum absolute atomic E-state index is 13.6. The predicted molar refractivity (Wildman–Crippen MR) is 143 cm³/mol. The lowest BCUT2D eigenvalue weighted by Gasteiger charge is -2.18. The number of benzene rings is 2. The Morgan fingerprint density at radius 2 is 1.60 bits per heavy atom. The van der Waals surface area contributed by atoms with Crippen molar-refractivity contribution in [3.8, 4) is 11.1 Å². The van der Waals surface area contributed by atoms with Crippen molar-refractivity contribution in [3.63, 3.8) is 0 Å². The SMILES string of the molecule is O=C(O)C(F)(F)F.O=C(O)CCNCC(=O)N1CCc2cc(CCc3cc(-c4ccccc4)c(C(F)(F)F)s3)ccc21. The minimum atomic E-state index is -5.08. The van der Waals surface area contributed by atoms with Crippen LogP contribution in [0, 0.1) is 0 Å². The van der Waals surface area contributed by atoms with Crippen molar-refractivity contribution < 1.29 is 50.9 Å². The molecule has 0 fully saturated rings. The van der Waals surface area contributed by atoms with Crippen LogP contribution in [0.3, 0.4) is 0 Å². The number of thiophene rings is 1. The highest BCUT2D eigenvalue weighted by molar-refractivity contribution is 7.12. The predicted octanol–water partition coefficient (Wildman–Crippen LogP) is 5.81. The topological polar surface area (TPSA) is 107 Å². The van der Waals surface area contributed by atoms with Gasteiger partial charge in [-0.15, -0.1) is 11.3 Å². The molecule has 1 aliphatic heterocycles. The lowest BCUT2D eigenvalue weighted by Crippen LogP contribution is -2.37. The van der Waals surface area contributed by atoms with Gasteiger partial charge in [0.2, 0.25) is 5.91 Å². The zero-order chi connectivity index (χ0) is 31.1. The number of carboxylic acid groups (broad SMARTS) is 2. The first-order valence-corrected chi connectivity index (χ1v) is 13.4. The van der Waals surface area contributed by atoms with E-state index >= 15 is 0 Å². The van der Waals surface area contributed by atoms with Crippen LogP contribution in [0.1, 0.15) is 27.3 Å². The van der Waals surface area contributed by atoms with Gasteiger partial charge in [-0.05, 0) is 48.1 Å². The largest absolute Gasteiger partial charge is 0.490 e. The molecule has 2 aromatic carbocycles. The highest BCUT2D eigenvalue weighted by Gasteiger charge is 2.38. The van der Waals surface area contributed by atoms with E-state index in [2.05, 4.69) is 5.32 Å². The van der Waals surface area contributed by atoms with Crippen LogP contribution in [-0.2, 0) is 39.8 Å². The number of hydrogen-bond donors (Lipinski definition) is 3. The molecule has 2 heterocycles. The first-order chi connectivity index (χ1) is 19.7. The number of fused-ring (bicyclic) bond motifs is 1. The van der Waals surface area contributed by atoms with E-state index in [4.69, 9.17) is 15.0 Å². The summed E-state index contributed by atoms with van der Waals surface area (Å²) in [6, 6.07) is 16.1. The molecule has 14 heteroatoms. The summed E-state index contributed by atoms with van der Waals surface area (Å²) in [6.07, 6.45) is -7.73. The molecule has 0 spiro atoms. The zero-order valence-electron chi connectivity index (χ0n) is 21.9. The fourth-order valence-electron chi connectivity index (χ4n) is 4.23. The fourth-order valence-corrected chi connectivity index (χ4v) is 5.28. The monoisotopic (exact) mass is 616 g/mol. The first-order valence-electron chi connectivity index (χ1n) is 12.6. The quantitative estimate of drug-likeness (QED) is 0.207. The van der Waals surface area contributed by atoms with Crippen molar-refractivity contribution in [1.29, 1.82) is 0 Å². The maximum atomic E-state index is 13.6. The lowest BCUT2D eigenvalue weighted by atomic mass is 10.0. The number of carbonyl (C=O) groups is 3. The Kier molecular flexibility index (Phi) is 10.7. The molecule has 42 heavy (non-hydrogen) atoms. The average molecular weight is 617 g/mol. The van der Waals surface area contributed by atoms with Gasteiger partial charge in [0, 0.05) is 29.2 Å². The summed E-state index contributed by atoms with van der Waals surface area (Å²) in [5, 5.41) is 18.7. The maximum Gasteiger partial charge on any atom is 0.490 e. The second-order valence-electron chi connectivity index (χ2n) is 9.20. The van der Waals surface area contributed by atoms with Gasteiger partial charge in [-0.2, -0.15) is 26.3 Å². The number of carbonyl (C=O) groups excluding carboxylic acids is 1. The minimum Gasteiger partial charge on any atom is -0.481 e. The third-order valence-corrected chi connectivity index (χ3v) is 7.40. The van der Waals surface area contributed by atoms with Crippen LogP contribution in [0.5, 0.6) is 0 Å². The molecule has 1 aromatic heterocycles. The van der Waals surface area contributed by atoms with E-state index in [0.717, 1.165) is 28.2 Å². The number of rotatable bonds is 9. The van der Waals surface area contributed by atoms with Crippen LogP contribution in [0.2, 0.25) is 0 Å². The lowest BCUT2D eigenvalue weighted by molar-refractivity contribution is -0.192.